The SMILES string of the molecule is CC(=O)N(C)Cc1cccc(CNC2CC2)c1. The Morgan fingerprint density at radius 1 is 1.41 bits per heavy atom. The van der Waals surface area contributed by atoms with Crippen LogP contribution in [0.3, 0.4) is 0 Å². The molecule has 92 valence electrons. The molecule has 0 atom stereocenters. The third kappa shape index (κ3) is 3.86. The molecule has 0 aromatic heterocycles. The zero-order valence-electron chi connectivity index (χ0n) is 10.6. The second kappa shape index (κ2) is 5.32. The predicted molar refractivity (Wildman–Crippen MR) is 68.5 cm³/mol. The average Bonchev–Trinajstić information content (AvgIpc) is 3.10. The van der Waals surface area contributed by atoms with Gasteiger partial charge in [0.15, 0.2) is 0 Å². The summed E-state index contributed by atoms with van der Waals surface area (Å²) in [6.45, 7) is 3.22. The molecule has 2 rings (SSSR count). The molecule has 0 aliphatic heterocycles. The van der Waals surface area contributed by atoms with E-state index in [-0.39, 0.29) is 5.91 Å². The quantitative estimate of drug-likeness (QED) is 0.841. The van der Waals surface area contributed by atoms with E-state index in [2.05, 4.69) is 29.6 Å². The van der Waals surface area contributed by atoms with Gasteiger partial charge < -0.3 is 10.2 Å². The molecule has 3 heteroatoms. The summed E-state index contributed by atoms with van der Waals surface area (Å²) in [7, 11) is 1.83. The van der Waals surface area contributed by atoms with Crippen LogP contribution in [0.15, 0.2) is 24.3 Å². The molecule has 1 aliphatic carbocycles. The number of rotatable bonds is 5. The molecule has 3 nitrogen and oxygen atoms in total. The molecular weight excluding hydrogens is 212 g/mol. The van der Waals surface area contributed by atoms with Crippen molar-refractivity contribution < 1.29 is 4.79 Å². The summed E-state index contributed by atoms with van der Waals surface area (Å²) in [5, 5.41) is 3.50. The second-order valence-electron chi connectivity index (χ2n) is 4.85. The summed E-state index contributed by atoms with van der Waals surface area (Å²) < 4.78 is 0. The molecule has 17 heavy (non-hydrogen) atoms. The minimum atomic E-state index is 0.103. The van der Waals surface area contributed by atoms with Crippen molar-refractivity contribution in [2.45, 2.75) is 38.9 Å². The minimum absolute atomic E-state index is 0.103. The van der Waals surface area contributed by atoms with Crippen molar-refractivity contribution >= 4 is 5.91 Å². The molecule has 1 saturated carbocycles. The van der Waals surface area contributed by atoms with E-state index in [1.165, 1.54) is 24.0 Å². The predicted octanol–water partition coefficient (Wildman–Crippen LogP) is 1.92. The Balaban J connectivity index is 1.92. The van der Waals surface area contributed by atoms with Crippen LogP contribution in [0.4, 0.5) is 0 Å². The maximum atomic E-state index is 11.2. The first-order chi connectivity index (χ1) is 8.15. The van der Waals surface area contributed by atoms with Crippen molar-refractivity contribution in [1.82, 2.24) is 10.2 Å². The Morgan fingerprint density at radius 2 is 2.12 bits per heavy atom. The van der Waals surface area contributed by atoms with Crippen molar-refractivity contribution in [1.29, 1.82) is 0 Å². The van der Waals surface area contributed by atoms with Crippen LogP contribution in [-0.4, -0.2) is 23.9 Å². The highest BCUT2D eigenvalue weighted by Gasteiger charge is 2.19. The van der Waals surface area contributed by atoms with Crippen molar-refractivity contribution in [3.63, 3.8) is 0 Å². The van der Waals surface area contributed by atoms with Gasteiger partial charge in [0, 0.05) is 33.1 Å². The molecule has 0 saturated heterocycles. The third-order valence-corrected chi connectivity index (χ3v) is 3.12. The van der Waals surface area contributed by atoms with Crippen molar-refractivity contribution in [2.75, 3.05) is 7.05 Å². The summed E-state index contributed by atoms with van der Waals surface area (Å²) in [4.78, 5) is 12.9. The summed E-state index contributed by atoms with van der Waals surface area (Å²) in [6, 6.07) is 9.17. The Labute approximate surface area is 103 Å². The van der Waals surface area contributed by atoms with Crippen LogP contribution >= 0.6 is 0 Å². The number of amides is 1. The second-order valence-corrected chi connectivity index (χ2v) is 4.85. The molecule has 0 heterocycles. The van der Waals surface area contributed by atoms with Crippen molar-refractivity contribution in [2.24, 2.45) is 0 Å². The van der Waals surface area contributed by atoms with E-state index >= 15 is 0 Å². The van der Waals surface area contributed by atoms with E-state index in [9.17, 15) is 4.79 Å². The normalized spacial score (nSPS) is 14.7. The lowest BCUT2D eigenvalue weighted by Gasteiger charge is -2.15. The zero-order chi connectivity index (χ0) is 12.3. The molecule has 0 bridgehead atoms. The van der Waals surface area contributed by atoms with Crippen LogP contribution in [0.1, 0.15) is 30.9 Å². The fraction of sp³-hybridized carbons (Fsp3) is 0.500. The summed E-state index contributed by atoms with van der Waals surface area (Å²) in [5.41, 5.74) is 2.49. The van der Waals surface area contributed by atoms with Crippen LogP contribution in [-0.2, 0) is 17.9 Å². The van der Waals surface area contributed by atoms with Gasteiger partial charge in [-0.25, -0.2) is 0 Å². The lowest BCUT2D eigenvalue weighted by Crippen LogP contribution is -2.23. The Bertz CT molecular complexity index is 399. The monoisotopic (exact) mass is 232 g/mol. The number of hydrogen-bond donors (Lipinski definition) is 1. The van der Waals surface area contributed by atoms with Gasteiger partial charge in [-0.2, -0.15) is 0 Å². The Hall–Kier alpha value is -1.35. The summed E-state index contributed by atoms with van der Waals surface area (Å²) in [5.74, 6) is 0.103. The van der Waals surface area contributed by atoms with Gasteiger partial charge in [0.25, 0.3) is 0 Å². The minimum Gasteiger partial charge on any atom is -0.342 e. The highest BCUT2D eigenvalue weighted by Crippen LogP contribution is 2.19. The van der Waals surface area contributed by atoms with E-state index < -0.39 is 0 Å². The highest BCUT2D eigenvalue weighted by molar-refractivity contribution is 5.72. The van der Waals surface area contributed by atoms with E-state index in [1.54, 1.807) is 11.8 Å². The molecule has 1 aromatic rings. The number of hydrogen-bond acceptors (Lipinski definition) is 2. The van der Waals surface area contributed by atoms with E-state index in [0.717, 1.165) is 12.6 Å². The first-order valence-electron chi connectivity index (χ1n) is 6.18. The number of nitrogens with zero attached hydrogens (tertiary/aromatic N) is 1. The molecule has 1 N–H and O–H groups in total. The molecule has 1 aromatic carbocycles. The van der Waals surface area contributed by atoms with Gasteiger partial charge in [0.05, 0.1) is 0 Å². The van der Waals surface area contributed by atoms with Crippen LogP contribution < -0.4 is 5.32 Å². The maximum absolute atomic E-state index is 11.2. The summed E-state index contributed by atoms with van der Waals surface area (Å²) >= 11 is 0. The van der Waals surface area contributed by atoms with Crippen LogP contribution in [0.5, 0.6) is 0 Å². The maximum Gasteiger partial charge on any atom is 0.219 e. The van der Waals surface area contributed by atoms with Crippen LogP contribution in [0, 0.1) is 0 Å². The van der Waals surface area contributed by atoms with E-state index in [0.29, 0.717) is 6.54 Å². The third-order valence-electron chi connectivity index (χ3n) is 3.12. The Kier molecular flexibility index (Phi) is 3.79. The number of benzene rings is 1. The number of nitrogens with one attached hydrogen (secondary N) is 1. The van der Waals surface area contributed by atoms with E-state index in [1.807, 2.05) is 7.05 Å². The molecule has 1 amide bonds. The highest BCUT2D eigenvalue weighted by atomic mass is 16.2. The lowest BCUT2D eigenvalue weighted by atomic mass is 10.1. The fourth-order valence-corrected chi connectivity index (χ4v) is 1.77. The van der Waals surface area contributed by atoms with Crippen molar-refractivity contribution in [3.05, 3.63) is 35.4 Å². The van der Waals surface area contributed by atoms with Gasteiger partial charge in [-0.05, 0) is 24.0 Å². The largest absolute Gasteiger partial charge is 0.342 e. The number of carbonyl (C=O) groups excluding carboxylic acids is 1. The van der Waals surface area contributed by atoms with Gasteiger partial charge >= 0.3 is 0 Å². The first kappa shape index (κ1) is 12.1. The van der Waals surface area contributed by atoms with Gasteiger partial charge in [0.2, 0.25) is 5.91 Å². The molecule has 1 aliphatic rings. The molecule has 0 radical (unpaired) electrons. The standard InChI is InChI=1S/C14H20N2O/c1-11(17)16(2)10-13-5-3-4-12(8-13)9-15-14-6-7-14/h3-5,8,14-15H,6-7,9-10H2,1-2H3. The molecule has 0 spiro atoms. The lowest BCUT2D eigenvalue weighted by molar-refractivity contribution is -0.128. The van der Waals surface area contributed by atoms with Crippen LogP contribution in [0.25, 0.3) is 0 Å². The molecule has 0 unspecified atom stereocenters. The van der Waals surface area contributed by atoms with Crippen LogP contribution in [0.2, 0.25) is 0 Å². The topological polar surface area (TPSA) is 32.3 Å². The van der Waals surface area contributed by atoms with E-state index in [4.69, 9.17) is 0 Å². The van der Waals surface area contributed by atoms with Crippen molar-refractivity contribution in [3.8, 4) is 0 Å². The smallest absolute Gasteiger partial charge is 0.219 e. The first-order valence-corrected chi connectivity index (χ1v) is 6.18. The van der Waals surface area contributed by atoms with Gasteiger partial charge in [-0.1, -0.05) is 24.3 Å². The van der Waals surface area contributed by atoms with Gasteiger partial charge in [0.1, 0.15) is 0 Å². The average molecular weight is 232 g/mol. The Morgan fingerprint density at radius 3 is 2.76 bits per heavy atom. The molecular formula is C14H20N2O. The van der Waals surface area contributed by atoms with Gasteiger partial charge in [-0.15, -0.1) is 0 Å². The zero-order valence-corrected chi connectivity index (χ0v) is 10.6. The number of carbonyl (C=O) groups is 1. The molecule has 1 fully saturated rings. The fourth-order valence-electron chi connectivity index (χ4n) is 1.77. The van der Waals surface area contributed by atoms with Gasteiger partial charge in [-0.3, -0.25) is 4.79 Å². The summed E-state index contributed by atoms with van der Waals surface area (Å²) in [6.07, 6.45) is 2.62.